The zero-order valence-electron chi connectivity index (χ0n) is 17.1. The van der Waals surface area contributed by atoms with E-state index in [0.717, 1.165) is 35.7 Å². The molecule has 1 saturated heterocycles. The third kappa shape index (κ3) is 6.52. The van der Waals surface area contributed by atoms with Crippen LogP contribution in [0.3, 0.4) is 0 Å². The first-order chi connectivity index (χ1) is 13.8. The van der Waals surface area contributed by atoms with Crippen molar-refractivity contribution in [3.05, 3.63) is 63.6 Å². The van der Waals surface area contributed by atoms with Gasteiger partial charge in [0.25, 0.3) is 0 Å². The van der Waals surface area contributed by atoms with Gasteiger partial charge in [-0.1, -0.05) is 41.4 Å². The van der Waals surface area contributed by atoms with Crippen LogP contribution in [0.5, 0.6) is 0 Å². The Bertz CT molecular complexity index is 843. The van der Waals surface area contributed by atoms with Crippen molar-refractivity contribution in [1.82, 2.24) is 9.80 Å². The standard InChI is InChI=1S/C22H26Cl2N2O2S.ClH/c1-25(22(27)14-16-5-10-19(23)20(24)13-16)21(15-26-11-3-4-12-26)17-6-8-18(9-7-17)29(2)28;/h5-10,13,21H,3-4,11-12,14-15H2,1-2H3;1H. The van der Waals surface area contributed by atoms with Gasteiger partial charge in [-0.3, -0.25) is 4.79 Å². The Hall–Kier alpha value is -0.950. The normalized spacial score (nSPS) is 16.0. The van der Waals surface area contributed by atoms with Crippen molar-refractivity contribution in [3.8, 4) is 0 Å². The minimum absolute atomic E-state index is 0. The van der Waals surface area contributed by atoms with Gasteiger partial charge in [-0.2, -0.15) is 0 Å². The molecule has 1 amide bonds. The number of hydrogen-bond donors (Lipinski definition) is 0. The van der Waals surface area contributed by atoms with Gasteiger partial charge in [0.1, 0.15) is 6.26 Å². The van der Waals surface area contributed by atoms with Gasteiger partial charge in [0.15, 0.2) is 4.90 Å². The summed E-state index contributed by atoms with van der Waals surface area (Å²) >= 11 is 11.1. The molecular weight excluding hydrogens is 463 g/mol. The Balaban J connectivity index is 0.00000320. The summed E-state index contributed by atoms with van der Waals surface area (Å²) in [5.41, 5.74) is 1.89. The molecular formula is C22H27Cl3N2O2S. The van der Waals surface area contributed by atoms with Crippen molar-refractivity contribution >= 4 is 52.7 Å². The molecule has 0 spiro atoms. The van der Waals surface area contributed by atoms with E-state index in [-0.39, 0.29) is 30.8 Å². The second-order valence-corrected chi connectivity index (χ2v) is 9.67. The number of amides is 1. The van der Waals surface area contributed by atoms with Crippen LogP contribution in [-0.2, 0) is 22.4 Å². The van der Waals surface area contributed by atoms with Crippen LogP contribution in [0.2, 0.25) is 10.0 Å². The highest BCUT2D eigenvalue weighted by molar-refractivity contribution is 7.90. The van der Waals surface area contributed by atoms with Gasteiger partial charge in [0.05, 0.1) is 22.5 Å². The number of likely N-dealkylation sites (tertiary alicyclic amines) is 1. The first-order valence-electron chi connectivity index (χ1n) is 9.70. The largest absolute Gasteiger partial charge is 0.612 e. The third-order valence-electron chi connectivity index (χ3n) is 5.43. The summed E-state index contributed by atoms with van der Waals surface area (Å²) in [5, 5.41) is 0.938. The lowest BCUT2D eigenvalue weighted by Gasteiger charge is -2.32. The smallest absolute Gasteiger partial charge is 0.227 e. The average Bonchev–Trinajstić information content (AvgIpc) is 3.22. The number of carbonyl (C=O) groups excluding carboxylic acids is 1. The number of hydrogen-bond acceptors (Lipinski definition) is 3. The van der Waals surface area contributed by atoms with Gasteiger partial charge in [-0.25, -0.2) is 0 Å². The summed E-state index contributed by atoms with van der Waals surface area (Å²) in [4.78, 5) is 18.1. The van der Waals surface area contributed by atoms with E-state index in [0.29, 0.717) is 10.0 Å². The van der Waals surface area contributed by atoms with Crippen LogP contribution in [0.4, 0.5) is 0 Å². The average molecular weight is 490 g/mol. The molecule has 1 fully saturated rings. The summed E-state index contributed by atoms with van der Waals surface area (Å²) in [6.07, 6.45) is 4.33. The van der Waals surface area contributed by atoms with E-state index in [4.69, 9.17) is 23.2 Å². The quantitative estimate of drug-likeness (QED) is 0.515. The van der Waals surface area contributed by atoms with E-state index >= 15 is 0 Å². The molecule has 0 aliphatic carbocycles. The van der Waals surface area contributed by atoms with Crippen molar-refractivity contribution in [2.24, 2.45) is 0 Å². The Kier molecular flexibility index (Phi) is 9.79. The Morgan fingerprint density at radius 1 is 1.13 bits per heavy atom. The molecule has 3 rings (SSSR count). The van der Waals surface area contributed by atoms with Crippen LogP contribution < -0.4 is 0 Å². The fourth-order valence-electron chi connectivity index (χ4n) is 3.67. The van der Waals surface area contributed by atoms with Crippen LogP contribution in [0.15, 0.2) is 47.4 Å². The first-order valence-corrected chi connectivity index (χ1v) is 12.0. The van der Waals surface area contributed by atoms with E-state index < -0.39 is 11.2 Å². The fraction of sp³-hybridized carbons (Fsp3) is 0.409. The Morgan fingerprint density at radius 2 is 1.77 bits per heavy atom. The second-order valence-electron chi connectivity index (χ2n) is 7.48. The number of likely N-dealkylation sites (N-methyl/N-ethyl adjacent to an activating group) is 1. The summed E-state index contributed by atoms with van der Waals surface area (Å²) < 4.78 is 11.7. The van der Waals surface area contributed by atoms with Crippen LogP contribution in [0.1, 0.15) is 30.0 Å². The number of nitrogens with zero attached hydrogens (tertiary/aromatic N) is 2. The maximum absolute atomic E-state index is 13.1. The summed E-state index contributed by atoms with van der Waals surface area (Å²) in [6.45, 7) is 2.91. The lowest BCUT2D eigenvalue weighted by atomic mass is 10.0. The maximum atomic E-state index is 13.1. The van der Waals surface area contributed by atoms with Crippen molar-refractivity contribution in [2.75, 3.05) is 32.9 Å². The number of halogens is 3. The lowest BCUT2D eigenvalue weighted by molar-refractivity contribution is -0.131. The van der Waals surface area contributed by atoms with E-state index in [1.54, 1.807) is 18.4 Å². The minimum atomic E-state index is -1.02. The monoisotopic (exact) mass is 488 g/mol. The Morgan fingerprint density at radius 3 is 2.33 bits per heavy atom. The van der Waals surface area contributed by atoms with Crippen molar-refractivity contribution in [3.63, 3.8) is 0 Å². The van der Waals surface area contributed by atoms with E-state index in [1.807, 2.05) is 42.3 Å². The molecule has 2 atom stereocenters. The highest BCUT2D eigenvalue weighted by Gasteiger charge is 2.26. The molecule has 164 valence electrons. The topological polar surface area (TPSA) is 46.6 Å². The van der Waals surface area contributed by atoms with Crippen molar-refractivity contribution < 1.29 is 9.35 Å². The van der Waals surface area contributed by atoms with Crippen LogP contribution >= 0.6 is 35.6 Å². The molecule has 0 aromatic heterocycles. The van der Waals surface area contributed by atoms with Gasteiger partial charge < -0.3 is 14.4 Å². The molecule has 1 aliphatic heterocycles. The lowest BCUT2D eigenvalue weighted by Crippen LogP contribution is -2.39. The summed E-state index contributed by atoms with van der Waals surface area (Å²) in [7, 11) is 1.85. The molecule has 2 unspecified atom stereocenters. The Labute approximate surface area is 198 Å². The first kappa shape index (κ1) is 25.3. The summed E-state index contributed by atoms with van der Waals surface area (Å²) in [5.74, 6) is 0.0238. The van der Waals surface area contributed by atoms with Gasteiger partial charge in [-0.05, 0) is 72.5 Å². The molecule has 1 heterocycles. The van der Waals surface area contributed by atoms with Crippen molar-refractivity contribution in [2.45, 2.75) is 30.2 Å². The molecule has 4 nitrogen and oxygen atoms in total. The van der Waals surface area contributed by atoms with Gasteiger partial charge in [0.2, 0.25) is 5.91 Å². The molecule has 8 heteroatoms. The fourth-order valence-corrected chi connectivity index (χ4v) is 4.51. The predicted molar refractivity (Wildman–Crippen MR) is 127 cm³/mol. The molecule has 0 bridgehead atoms. The molecule has 1 aliphatic rings. The highest BCUT2D eigenvalue weighted by atomic mass is 35.5. The zero-order chi connectivity index (χ0) is 21.0. The van der Waals surface area contributed by atoms with Gasteiger partial charge in [0, 0.05) is 13.6 Å². The molecule has 30 heavy (non-hydrogen) atoms. The molecule has 2 aromatic rings. The minimum Gasteiger partial charge on any atom is -0.612 e. The predicted octanol–water partition coefficient (Wildman–Crippen LogP) is 4.99. The van der Waals surface area contributed by atoms with Crippen LogP contribution in [0, 0.1) is 0 Å². The summed E-state index contributed by atoms with van der Waals surface area (Å²) in [6, 6.07) is 13.0. The maximum Gasteiger partial charge on any atom is 0.227 e. The molecule has 0 saturated carbocycles. The molecule has 0 N–H and O–H groups in total. The van der Waals surface area contributed by atoms with Gasteiger partial charge in [-0.15, -0.1) is 12.4 Å². The zero-order valence-corrected chi connectivity index (χ0v) is 20.3. The highest BCUT2D eigenvalue weighted by Crippen LogP contribution is 2.26. The van der Waals surface area contributed by atoms with Crippen LogP contribution in [0.25, 0.3) is 0 Å². The van der Waals surface area contributed by atoms with Gasteiger partial charge >= 0.3 is 0 Å². The molecule has 0 radical (unpaired) electrons. The SMILES string of the molecule is CN(C(=O)Cc1ccc(Cl)c(Cl)c1)C(CN1CCCC1)c1ccc([S+](C)[O-])cc1.Cl. The van der Waals surface area contributed by atoms with E-state index in [2.05, 4.69) is 4.90 Å². The number of benzene rings is 2. The number of rotatable bonds is 7. The van der Waals surface area contributed by atoms with E-state index in [1.165, 1.54) is 12.8 Å². The second kappa shape index (κ2) is 11.6. The molecule has 2 aromatic carbocycles. The van der Waals surface area contributed by atoms with E-state index in [9.17, 15) is 9.35 Å². The van der Waals surface area contributed by atoms with Crippen molar-refractivity contribution in [1.29, 1.82) is 0 Å². The number of carbonyl (C=O) groups is 1. The van der Waals surface area contributed by atoms with Crippen LogP contribution in [-0.4, -0.2) is 53.2 Å². The third-order valence-corrected chi connectivity index (χ3v) is 7.10.